The number of nitrogens with one attached hydrogen (secondary N) is 1. The molecule has 3 rings (SSSR count). The second kappa shape index (κ2) is 7.14. The van der Waals surface area contributed by atoms with E-state index in [4.69, 9.17) is 0 Å². The molecular weight excluding hydrogens is 262 g/mol. The van der Waals surface area contributed by atoms with Crippen LogP contribution in [0.25, 0.3) is 10.8 Å². The molecule has 1 aliphatic rings. The van der Waals surface area contributed by atoms with Gasteiger partial charge < -0.3 is 5.32 Å². The molecular formula is C18H23NS. The summed E-state index contributed by atoms with van der Waals surface area (Å²) < 4.78 is 0. The second-order valence-electron chi connectivity index (χ2n) is 5.65. The summed E-state index contributed by atoms with van der Waals surface area (Å²) in [5.41, 5.74) is 0. The fraction of sp³-hybridized carbons (Fsp3) is 0.444. The number of hydrogen-bond acceptors (Lipinski definition) is 2. The summed E-state index contributed by atoms with van der Waals surface area (Å²) in [6.45, 7) is 1.17. The van der Waals surface area contributed by atoms with E-state index in [-0.39, 0.29) is 0 Å². The highest BCUT2D eigenvalue weighted by Crippen LogP contribution is 2.24. The molecule has 0 aromatic heterocycles. The van der Waals surface area contributed by atoms with E-state index in [9.17, 15) is 0 Å². The largest absolute Gasteiger partial charge is 0.314 e. The van der Waals surface area contributed by atoms with Crippen LogP contribution < -0.4 is 5.32 Å². The third-order valence-electron chi connectivity index (χ3n) is 4.10. The van der Waals surface area contributed by atoms with Crippen LogP contribution in [-0.2, 0) is 0 Å². The van der Waals surface area contributed by atoms with Crippen molar-refractivity contribution in [2.24, 2.45) is 0 Å². The third kappa shape index (κ3) is 3.77. The molecule has 0 aliphatic heterocycles. The van der Waals surface area contributed by atoms with Gasteiger partial charge in [0.2, 0.25) is 0 Å². The van der Waals surface area contributed by atoms with Gasteiger partial charge in [-0.2, -0.15) is 0 Å². The van der Waals surface area contributed by atoms with Crippen LogP contribution in [0.1, 0.15) is 32.1 Å². The maximum Gasteiger partial charge on any atom is 0.00783 e. The maximum absolute atomic E-state index is 3.68. The molecule has 0 amide bonds. The van der Waals surface area contributed by atoms with Gasteiger partial charge in [0.15, 0.2) is 0 Å². The molecule has 0 atom stereocenters. The Hall–Kier alpha value is -0.990. The lowest BCUT2D eigenvalue weighted by molar-refractivity contribution is 0.525. The van der Waals surface area contributed by atoms with E-state index >= 15 is 0 Å². The van der Waals surface area contributed by atoms with Crippen LogP contribution in [0.4, 0.5) is 0 Å². The lowest BCUT2D eigenvalue weighted by atomic mass is 10.1. The van der Waals surface area contributed by atoms with E-state index < -0.39 is 0 Å². The summed E-state index contributed by atoms with van der Waals surface area (Å²) in [4.78, 5) is 1.39. The van der Waals surface area contributed by atoms with Crippen LogP contribution in [0.3, 0.4) is 0 Å². The molecule has 2 aromatic rings. The number of thioether (sulfide) groups is 1. The van der Waals surface area contributed by atoms with Crippen LogP contribution >= 0.6 is 11.8 Å². The molecule has 1 fully saturated rings. The Balaban J connectivity index is 1.42. The van der Waals surface area contributed by atoms with Crippen LogP contribution in [0.15, 0.2) is 47.4 Å². The molecule has 1 aliphatic carbocycles. The molecule has 2 aromatic carbocycles. The number of hydrogen-bond donors (Lipinski definition) is 1. The first-order valence-electron chi connectivity index (χ1n) is 7.77. The molecule has 0 unspecified atom stereocenters. The summed E-state index contributed by atoms with van der Waals surface area (Å²) in [5, 5.41) is 6.37. The zero-order chi connectivity index (χ0) is 13.6. The Morgan fingerprint density at radius 1 is 1.00 bits per heavy atom. The van der Waals surface area contributed by atoms with Crippen molar-refractivity contribution in [3.05, 3.63) is 42.5 Å². The summed E-state index contributed by atoms with van der Waals surface area (Å²) in [7, 11) is 0. The first kappa shape index (κ1) is 14.0. The van der Waals surface area contributed by atoms with Crippen molar-refractivity contribution in [2.75, 3.05) is 12.3 Å². The average Bonchev–Trinajstić information content (AvgIpc) is 3.00. The van der Waals surface area contributed by atoms with Gasteiger partial charge in [-0.3, -0.25) is 0 Å². The monoisotopic (exact) mass is 285 g/mol. The van der Waals surface area contributed by atoms with E-state index in [0.29, 0.717) is 0 Å². The molecule has 20 heavy (non-hydrogen) atoms. The Morgan fingerprint density at radius 2 is 1.80 bits per heavy atom. The Morgan fingerprint density at radius 3 is 2.65 bits per heavy atom. The second-order valence-corrected chi connectivity index (χ2v) is 6.81. The van der Waals surface area contributed by atoms with Gasteiger partial charge >= 0.3 is 0 Å². The molecule has 1 saturated carbocycles. The van der Waals surface area contributed by atoms with Crippen LogP contribution in [0, 0.1) is 0 Å². The van der Waals surface area contributed by atoms with Gasteiger partial charge in [0.05, 0.1) is 0 Å². The quantitative estimate of drug-likeness (QED) is 0.601. The van der Waals surface area contributed by atoms with Crippen molar-refractivity contribution in [3.8, 4) is 0 Å². The first-order chi connectivity index (χ1) is 9.92. The number of rotatable bonds is 6. The zero-order valence-electron chi connectivity index (χ0n) is 12.0. The van der Waals surface area contributed by atoms with Crippen molar-refractivity contribution in [1.82, 2.24) is 5.32 Å². The third-order valence-corrected chi connectivity index (χ3v) is 5.18. The molecule has 0 radical (unpaired) electrons. The Kier molecular flexibility index (Phi) is 4.99. The maximum atomic E-state index is 3.68. The van der Waals surface area contributed by atoms with E-state index in [1.54, 1.807) is 0 Å². The van der Waals surface area contributed by atoms with Crippen LogP contribution in [0.2, 0.25) is 0 Å². The lowest BCUT2D eigenvalue weighted by Crippen LogP contribution is -2.27. The van der Waals surface area contributed by atoms with E-state index in [1.165, 1.54) is 60.1 Å². The lowest BCUT2D eigenvalue weighted by Gasteiger charge is -2.11. The summed E-state index contributed by atoms with van der Waals surface area (Å²) >= 11 is 1.98. The molecule has 2 heteroatoms. The van der Waals surface area contributed by atoms with Crippen molar-refractivity contribution in [3.63, 3.8) is 0 Å². The molecule has 1 nitrogen and oxygen atoms in total. The van der Waals surface area contributed by atoms with Crippen molar-refractivity contribution in [1.29, 1.82) is 0 Å². The van der Waals surface area contributed by atoms with Gasteiger partial charge in [0.25, 0.3) is 0 Å². The summed E-state index contributed by atoms with van der Waals surface area (Å²) in [6.07, 6.45) is 6.87. The van der Waals surface area contributed by atoms with Crippen molar-refractivity contribution < 1.29 is 0 Å². The molecule has 0 spiro atoms. The smallest absolute Gasteiger partial charge is 0.00783 e. The molecule has 0 heterocycles. The topological polar surface area (TPSA) is 12.0 Å². The standard InChI is InChI=1S/C18H23NS/c1-2-7-16-14-18(11-10-15(16)6-1)20-13-5-12-19-17-8-3-4-9-17/h1-2,6-7,10-11,14,17,19H,3-5,8-9,12-13H2. The zero-order valence-corrected chi connectivity index (χ0v) is 12.8. The first-order valence-corrected chi connectivity index (χ1v) is 8.75. The molecule has 1 N–H and O–H groups in total. The molecule has 106 valence electrons. The SMILES string of the molecule is c1ccc2cc(SCCCNC3CCCC3)ccc2c1. The van der Waals surface area contributed by atoms with Gasteiger partial charge in [-0.05, 0) is 54.5 Å². The Bertz CT molecular complexity index is 546. The predicted octanol–water partition coefficient (Wildman–Crippen LogP) is 4.85. The normalized spacial score (nSPS) is 16.0. The highest BCUT2D eigenvalue weighted by Gasteiger charge is 2.13. The van der Waals surface area contributed by atoms with Crippen molar-refractivity contribution in [2.45, 2.75) is 43.0 Å². The van der Waals surface area contributed by atoms with E-state index in [2.05, 4.69) is 47.8 Å². The molecule has 0 saturated heterocycles. The van der Waals surface area contributed by atoms with Crippen LogP contribution in [0.5, 0.6) is 0 Å². The minimum absolute atomic E-state index is 0.806. The van der Waals surface area contributed by atoms with Gasteiger partial charge in [0, 0.05) is 10.9 Å². The van der Waals surface area contributed by atoms with Gasteiger partial charge in [-0.1, -0.05) is 43.2 Å². The van der Waals surface area contributed by atoms with Gasteiger partial charge in [-0.25, -0.2) is 0 Å². The fourth-order valence-electron chi connectivity index (χ4n) is 2.96. The van der Waals surface area contributed by atoms with Gasteiger partial charge in [-0.15, -0.1) is 11.8 Å². The average molecular weight is 285 g/mol. The van der Waals surface area contributed by atoms with Gasteiger partial charge in [0.1, 0.15) is 0 Å². The Labute approximate surface area is 126 Å². The highest BCUT2D eigenvalue weighted by atomic mass is 32.2. The number of benzene rings is 2. The van der Waals surface area contributed by atoms with Crippen LogP contribution in [-0.4, -0.2) is 18.3 Å². The summed E-state index contributed by atoms with van der Waals surface area (Å²) in [5.74, 6) is 1.21. The minimum atomic E-state index is 0.806. The minimum Gasteiger partial charge on any atom is -0.314 e. The van der Waals surface area contributed by atoms with Crippen molar-refractivity contribution >= 4 is 22.5 Å². The fourth-order valence-corrected chi connectivity index (χ4v) is 3.85. The van der Waals surface area contributed by atoms with E-state index in [1.807, 2.05) is 11.8 Å². The number of fused-ring (bicyclic) bond motifs is 1. The highest BCUT2D eigenvalue weighted by molar-refractivity contribution is 7.99. The molecule has 0 bridgehead atoms. The predicted molar refractivity (Wildman–Crippen MR) is 89.5 cm³/mol. The van der Waals surface area contributed by atoms with E-state index in [0.717, 1.165) is 6.04 Å². The summed E-state index contributed by atoms with van der Waals surface area (Å²) in [6, 6.07) is 16.2.